The van der Waals surface area contributed by atoms with Crippen LogP contribution in [0.15, 0.2) is 0 Å². The molecule has 10 nitrogen and oxygen atoms in total. The summed E-state index contributed by atoms with van der Waals surface area (Å²) in [7, 11) is 0. The predicted molar refractivity (Wildman–Crippen MR) is 71.1 cm³/mol. The Bertz CT molecular complexity index is 356. The number of aliphatic hydroxyl groups is 2. The maximum atomic E-state index is 11.2. The first-order chi connectivity index (χ1) is 11.0. The lowest BCUT2D eigenvalue weighted by atomic mass is 10.2. The van der Waals surface area contributed by atoms with Crippen molar-refractivity contribution in [3.8, 4) is 0 Å². The zero-order valence-corrected chi connectivity index (χ0v) is 12.5. The summed E-state index contributed by atoms with van der Waals surface area (Å²) in [6.07, 6.45) is 0.145. The molecule has 132 valence electrons. The molecule has 0 saturated carbocycles. The Morgan fingerprint density at radius 1 is 0.565 bits per heavy atom. The van der Waals surface area contributed by atoms with E-state index in [1.54, 1.807) is 0 Å². The number of hydrogen-bond acceptors (Lipinski definition) is 10. The molecule has 0 atom stereocenters. The van der Waals surface area contributed by atoms with Gasteiger partial charge in [0.15, 0.2) is 13.6 Å². The third kappa shape index (κ3) is 13.2. The standard InChI is InChI=1S/C13H20O10/c14-7-20-10(16)3-1-5-12(18)22-9-23-13(19)6-2-4-11(17)21-8-15/h14-15H,1-9H2. The van der Waals surface area contributed by atoms with Crippen molar-refractivity contribution in [3.05, 3.63) is 0 Å². The molecule has 0 aliphatic carbocycles. The fourth-order valence-corrected chi connectivity index (χ4v) is 1.35. The van der Waals surface area contributed by atoms with Crippen molar-refractivity contribution < 1.29 is 48.3 Å². The lowest BCUT2D eigenvalue weighted by molar-refractivity contribution is -0.167. The fourth-order valence-electron chi connectivity index (χ4n) is 1.35. The molecular weight excluding hydrogens is 316 g/mol. The second-order valence-electron chi connectivity index (χ2n) is 4.15. The Morgan fingerprint density at radius 2 is 0.870 bits per heavy atom. The minimum absolute atomic E-state index is 0.0423. The van der Waals surface area contributed by atoms with Gasteiger partial charge in [-0.3, -0.25) is 19.2 Å². The molecule has 0 heterocycles. The second kappa shape index (κ2) is 13.5. The van der Waals surface area contributed by atoms with Crippen molar-refractivity contribution in [2.45, 2.75) is 38.5 Å². The molecule has 0 aromatic rings. The maximum absolute atomic E-state index is 11.2. The van der Waals surface area contributed by atoms with Gasteiger partial charge < -0.3 is 29.2 Å². The first-order valence-corrected chi connectivity index (χ1v) is 6.83. The molecular formula is C13H20O10. The summed E-state index contributed by atoms with van der Waals surface area (Å²) in [5.41, 5.74) is 0. The quantitative estimate of drug-likeness (QED) is 0.268. The second-order valence-corrected chi connectivity index (χ2v) is 4.15. The molecule has 0 radical (unpaired) electrons. The van der Waals surface area contributed by atoms with Gasteiger partial charge in [0.1, 0.15) is 0 Å². The zero-order chi connectivity index (χ0) is 17.5. The van der Waals surface area contributed by atoms with Crippen LogP contribution in [0, 0.1) is 0 Å². The summed E-state index contributed by atoms with van der Waals surface area (Å²) in [6, 6.07) is 0. The van der Waals surface area contributed by atoms with Gasteiger partial charge in [-0.05, 0) is 12.8 Å². The topological polar surface area (TPSA) is 146 Å². The van der Waals surface area contributed by atoms with E-state index in [0.29, 0.717) is 0 Å². The van der Waals surface area contributed by atoms with E-state index in [1.165, 1.54) is 0 Å². The van der Waals surface area contributed by atoms with Gasteiger partial charge >= 0.3 is 23.9 Å². The molecule has 0 unspecified atom stereocenters. The summed E-state index contributed by atoms with van der Waals surface area (Å²) in [6.45, 7) is -1.98. The van der Waals surface area contributed by atoms with E-state index in [-0.39, 0.29) is 38.5 Å². The third-order valence-corrected chi connectivity index (χ3v) is 2.41. The van der Waals surface area contributed by atoms with Crippen LogP contribution in [0.1, 0.15) is 38.5 Å². The van der Waals surface area contributed by atoms with Crippen LogP contribution in [0.2, 0.25) is 0 Å². The highest BCUT2D eigenvalue weighted by Crippen LogP contribution is 2.02. The molecule has 0 saturated heterocycles. The average molecular weight is 336 g/mol. The lowest BCUT2D eigenvalue weighted by Crippen LogP contribution is -2.14. The highest BCUT2D eigenvalue weighted by molar-refractivity contribution is 5.73. The number of aliphatic hydroxyl groups excluding tert-OH is 2. The molecule has 10 heteroatoms. The van der Waals surface area contributed by atoms with E-state index in [0.717, 1.165) is 0 Å². The molecule has 23 heavy (non-hydrogen) atoms. The normalized spacial score (nSPS) is 9.83. The van der Waals surface area contributed by atoms with Gasteiger partial charge in [-0.2, -0.15) is 0 Å². The minimum Gasteiger partial charge on any atom is -0.439 e. The molecule has 0 aromatic heterocycles. The fraction of sp³-hybridized carbons (Fsp3) is 0.692. The van der Waals surface area contributed by atoms with Gasteiger partial charge in [0.25, 0.3) is 0 Å². The highest BCUT2D eigenvalue weighted by Gasteiger charge is 2.10. The SMILES string of the molecule is O=C(CCCC(=O)OCOC(=O)CCCC(=O)OCO)OCO. The summed E-state index contributed by atoms with van der Waals surface area (Å²) in [5.74, 6) is -2.57. The van der Waals surface area contributed by atoms with Crippen molar-refractivity contribution in [1.29, 1.82) is 0 Å². The molecule has 0 spiro atoms. The third-order valence-electron chi connectivity index (χ3n) is 2.41. The Kier molecular flexibility index (Phi) is 12.2. The summed E-state index contributed by atoms with van der Waals surface area (Å²) in [5, 5.41) is 16.6. The Balaban J connectivity index is 3.57. The van der Waals surface area contributed by atoms with E-state index >= 15 is 0 Å². The van der Waals surface area contributed by atoms with Gasteiger partial charge in [-0.1, -0.05) is 0 Å². The number of esters is 4. The zero-order valence-electron chi connectivity index (χ0n) is 12.5. The van der Waals surface area contributed by atoms with E-state index < -0.39 is 44.3 Å². The smallest absolute Gasteiger partial charge is 0.308 e. The van der Waals surface area contributed by atoms with Crippen molar-refractivity contribution in [2.75, 3.05) is 20.4 Å². The number of rotatable bonds is 12. The molecule has 0 aliphatic heterocycles. The van der Waals surface area contributed by atoms with Crippen LogP contribution in [-0.2, 0) is 38.1 Å². The van der Waals surface area contributed by atoms with Gasteiger partial charge in [0, 0.05) is 25.7 Å². The van der Waals surface area contributed by atoms with Crippen molar-refractivity contribution >= 4 is 23.9 Å². The summed E-state index contributed by atoms with van der Waals surface area (Å²) >= 11 is 0. The molecule has 0 fully saturated rings. The molecule has 0 aliphatic rings. The number of hydrogen-bond donors (Lipinski definition) is 2. The monoisotopic (exact) mass is 336 g/mol. The van der Waals surface area contributed by atoms with E-state index in [2.05, 4.69) is 18.9 Å². The van der Waals surface area contributed by atoms with Crippen LogP contribution in [0.5, 0.6) is 0 Å². The van der Waals surface area contributed by atoms with Crippen molar-refractivity contribution in [1.82, 2.24) is 0 Å². The summed E-state index contributed by atoms with van der Waals surface area (Å²) in [4.78, 5) is 44.2. The van der Waals surface area contributed by atoms with Crippen LogP contribution in [0.4, 0.5) is 0 Å². The summed E-state index contributed by atoms with van der Waals surface area (Å²) < 4.78 is 17.7. The maximum Gasteiger partial charge on any atom is 0.308 e. The van der Waals surface area contributed by atoms with Gasteiger partial charge in [-0.25, -0.2) is 0 Å². The van der Waals surface area contributed by atoms with Gasteiger partial charge in [-0.15, -0.1) is 0 Å². The van der Waals surface area contributed by atoms with Gasteiger partial charge in [0.2, 0.25) is 6.79 Å². The average Bonchev–Trinajstić information content (AvgIpc) is 2.47. The number of ether oxygens (including phenoxy) is 4. The van der Waals surface area contributed by atoms with Crippen LogP contribution < -0.4 is 0 Å². The van der Waals surface area contributed by atoms with Crippen LogP contribution in [-0.4, -0.2) is 54.5 Å². The van der Waals surface area contributed by atoms with Crippen molar-refractivity contribution in [3.63, 3.8) is 0 Å². The number of carbonyl (C=O) groups is 4. The van der Waals surface area contributed by atoms with Gasteiger partial charge in [0.05, 0.1) is 0 Å². The molecule has 0 amide bonds. The Morgan fingerprint density at radius 3 is 1.17 bits per heavy atom. The molecule has 0 rings (SSSR count). The number of carbonyl (C=O) groups excluding carboxylic acids is 4. The van der Waals surface area contributed by atoms with E-state index in [9.17, 15) is 19.2 Å². The molecule has 0 aromatic carbocycles. The van der Waals surface area contributed by atoms with E-state index in [1.807, 2.05) is 0 Å². The Hall–Kier alpha value is -2.20. The highest BCUT2D eigenvalue weighted by atomic mass is 16.7. The van der Waals surface area contributed by atoms with Crippen LogP contribution in [0.25, 0.3) is 0 Å². The minimum atomic E-state index is -0.711. The largest absolute Gasteiger partial charge is 0.439 e. The molecule has 2 N–H and O–H groups in total. The van der Waals surface area contributed by atoms with Crippen molar-refractivity contribution in [2.24, 2.45) is 0 Å². The van der Waals surface area contributed by atoms with E-state index in [4.69, 9.17) is 10.2 Å². The Labute approximate surface area is 132 Å². The van der Waals surface area contributed by atoms with Crippen LogP contribution in [0.3, 0.4) is 0 Å². The van der Waals surface area contributed by atoms with Crippen LogP contribution >= 0.6 is 0 Å². The first-order valence-electron chi connectivity index (χ1n) is 6.83. The lowest BCUT2D eigenvalue weighted by Gasteiger charge is -2.06. The molecule has 0 bridgehead atoms. The first kappa shape index (κ1) is 20.8. The predicted octanol–water partition coefficient (Wildman–Crippen LogP) is -0.643.